The summed E-state index contributed by atoms with van der Waals surface area (Å²) >= 11 is 0. The second-order valence-corrected chi connectivity index (χ2v) is 3.89. The Morgan fingerprint density at radius 2 is 2.11 bits per heavy atom. The van der Waals surface area contributed by atoms with E-state index in [0.717, 1.165) is 0 Å². The zero-order valence-corrected chi connectivity index (χ0v) is 10.4. The number of anilines is 1. The van der Waals surface area contributed by atoms with Gasteiger partial charge in [-0.05, 0) is 23.8 Å². The summed E-state index contributed by atoms with van der Waals surface area (Å²) in [5.41, 5.74) is 0.893. The summed E-state index contributed by atoms with van der Waals surface area (Å²) in [6.07, 6.45) is 0.336. The fourth-order valence-corrected chi connectivity index (χ4v) is 1.51. The van der Waals surface area contributed by atoms with Gasteiger partial charge in [0.05, 0.1) is 5.56 Å². The van der Waals surface area contributed by atoms with Gasteiger partial charge in [-0.3, -0.25) is 14.9 Å². The molecule has 1 aromatic rings. The van der Waals surface area contributed by atoms with Crippen molar-refractivity contribution in [1.29, 1.82) is 0 Å². The number of amides is 1. The smallest absolute Gasteiger partial charge is 0.335 e. The lowest BCUT2D eigenvalue weighted by Gasteiger charge is -2.10. The number of nitrogens with zero attached hydrogens (tertiary/aromatic N) is 1. The van der Waals surface area contributed by atoms with Gasteiger partial charge in [0.2, 0.25) is 12.5 Å². The van der Waals surface area contributed by atoms with Crippen LogP contribution in [0.3, 0.4) is 0 Å². The van der Waals surface area contributed by atoms with E-state index in [9.17, 15) is 19.7 Å². The van der Waals surface area contributed by atoms with Crippen LogP contribution < -0.4 is 5.32 Å². The van der Waals surface area contributed by atoms with Gasteiger partial charge in [0.1, 0.15) is 0 Å². The summed E-state index contributed by atoms with van der Waals surface area (Å²) in [4.78, 5) is 32.1. The lowest BCUT2D eigenvalue weighted by Crippen LogP contribution is -2.14. The van der Waals surface area contributed by atoms with Gasteiger partial charge in [-0.2, -0.15) is 0 Å². The van der Waals surface area contributed by atoms with E-state index in [4.69, 9.17) is 5.11 Å². The molecule has 102 valence electrons. The van der Waals surface area contributed by atoms with Crippen LogP contribution in [0.25, 0.3) is 0 Å². The van der Waals surface area contributed by atoms with Crippen molar-refractivity contribution in [2.75, 3.05) is 11.9 Å². The predicted molar refractivity (Wildman–Crippen MR) is 67.9 cm³/mol. The van der Waals surface area contributed by atoms with Gasteiger partial charge in [0.15, 0.2) is 0 Å². The number of hydrogen-bond acceptors (Lipinski definition) is 4. The zero-order valence-electron chi connectivity index (χ0n) is 10.4. The molecule has 0 spiro atoms. The third-order valence-corrected chi connectivity index (χ3v) is 2.51. The highest BCUT2D eigenvalue weighted by Gasteiger charge is 2.12. The molecule has 1 amide bonds. The number of rotatable bonds is 6. The first-order valence-electron chi connectivity index (χ1n) is 5.72. The number of benzene rings is 1. The molecule has 0 saturated heterocycles. The van der Waals surface area contributed by atoms with Crippen molar-refractivity contribution >= 4 is 17.6 Å². The lowest BCUT2D eigenvalue weighted by molar-refractivity contribution is -0.479. The molecule has 0 bridgehead atoms. The molecule has 2 N–H and O–H groups in total. The molecular formula is C12H14N2O5. The quantitative estimate of drug-likeness (QED) is 0.599. The molecule has 7 heteroatoms. The van der Waals surface area contributed by atoms with Crippen molar-refractivity contribution in [3.8, 4) is 0 Å². The molecule has 0 aromatic heterocycles. The van der Waals surface area contributed by atoms with E-state index in [0.29, 0.717) is 11.3 Å². The number of hydrogen-bond donors (Lipinski definition) is 2. The van der Waals surface area contributed by atoms with Gasteiger partial charge < -0.3 is 10.4 Å². The first-order valence-corrected chi connectivity index (χ1v) is 5.72. The number of carbonyl (C=O) groups is 2. The largest absolute Gasteiger partial charge is 0.478 e. The van der Waals surface area contributed by atoms with Crippen LogP contribution in [0.2, 0.25) is 0 Å². The van der Waals surface area contributed by atoms with Gasteiger partial charge in [0, 0.05) is 23.5 Å². The lowest BCUT2D eigenvalue weighted by atomic mass is 10.1. The maximum absolute atomic E-state index is 11.3. The molecule has 0 unspecified atom stereocenters. The number of carbonyl (C=O) groups excluding carboxylic acids is 1. The van der Waals surface area contributed by atoms with E-state index < -0.39 is 10.9 Å². The monoisotopic (exact) mass is 266 g/mol. The number of nitro groups is 1. The Bertz CT molecular complexity index is 513. The summed E-state index contributed by atoms with van der Waals surface area (Å²) in [6, 6.07) is 4.15. The van der Waals surface area contributed by atoms with Crippen molar-refractivity contribution in [3.63, 3.8) is 0 Å². The van der Waals surface area contributed by atoms with E-state index >= 15 is 0 Å². The molecule has 0 atom stereocenters. The molecule has 0 saturated carbocycles. The molecule has 1 aromatic carbocycles. The third-order valence-electron chi connectivity index (χ3n) is 2.51. The fraction of sp³-hybridized carbons (Fsp3) is 0.333. The second kappa shape index (κ2) is 6.48. The molecule has 19 heavy (non-hydrogen) atoms. The molecule has 0 heterocycles. The topological polar surface area (TPSA) is 110 Å². The fourth-order valence-electron chi connectivity index (χ4n) is 1.51. The predicted octanol–water partition coefficient (Wildman–Crippen LogP) is 1.55. The van der Waals surface area contributed by atoms with E-state index in [1.165, 1.54) is 18.2 Å². The average Bonchev–Trinajstić information content (AvgIpc) is 2.36. The van der Waals surface area contributed by atoms with Crippen LogP contribution in [0.4, 0.5) is 5.69 Å². The maximum Gasteiger partial charge on any atom is 0.335 e. The van der Waals surface area contributed by atoms with E-state index in [2.05, 4.69) is 5.32 Å². The molecular weight excluding hydrogens is 252 g/mol. The minimum atomic E-state index is -1.12. The van der Waals surface area contributed by atoms with Crippen molar-refractivity contribution < 1.29 is 19.6 Å². The summed E-state index contributed by atoms with van der Waals surface area (Å²) in [7, 11) is 0. The minimum Gasteiger partial charge on any atom is -0.478 e. The summed E-state index contributed by atoms with van der Waals surface area (Å²) < 4.78 is 0. The van der Waals surface area contributed by atoms with Crippen LogP contribution in [0.1, 0.15) is 29.3 Å². The highest BCUT2D eigenvalue weighted by molar-refractivity contribution is 5.93. The van der Waals surface area contributed by atoms with Crippen molar-refractivity contribution in [2.24, 2.45) is 0 Å². The zero-order chi connectivity index (χ0) is 14.4. The van der Waals surface area contributed by atoms with Gasteiger partial charge in [-0.15, -0.1) is 0 Å². The Morgan fingerprint density at radius 3 is 2.63 bits per heavy atom. The number of carboxylic acids is 1. The molecule has 0 aliphatic heterocycles. The standard InChI is InChI=1S/C12H14N2O5/c1-2-11(15)13-10-4-3-9(12(16)17)7-8(10)5-6-14(18)19/h3-4,7H,2,5-6H2,1H3,(H,13,15)(H,16,17). The van der Waals surface area contributed by atoms with E-state index in [-0.39, 0.29) is 30.9 Å². The third kappa shape index (κ3) is 4.38. The van der Waals surface area contributed by atoms with Gasteiger partial charge in [-0.25, -0.2) is 4.79 Å². The summed E-state index contributed by atoms with van der Waals surface area (Å²) in [5, 5.41) is 21.9. The van der Waals surface area contributed by atoms with Crippen LogP contribution in [-0.4, -0.2) is 28.5 Å². The average molecular weight is 266 g/mol. The first kappa shape index (κ1) is 14.6. The molecule has 0 fully saturated rings. The van der Waals surface area contributed by atoms with E-state index in [1.807, 2.05) is 0 Å². The highest BCUT2D eigenvalue weighted by atomic mass is 16.6. The molecule has 1 rings (SSSR count). The normalized spacial score (nSPS) is 9.95. The Hall–Kier alpha value is -2.44. The van der Waals surface area contributed by atoms with Gasteiger partial charge in [-0.1, -0.05) is 6.92 Å². The van der Waals surface area contributed by atoms with Gasteiger partial charge >= 0.3 is 5.97 Å². The van der Waals surface area contributed by atoms with Crippen molar-refractivity contribution in [2.45, 2.75) is 19.8 Å². The summed E-state index contributed by atoms with van der Waals surface area (Å²) in [5.74, 6) is -1.35. The van der Waals surface area contributed by atoms with Crippen LogP contribution in [0.5, 0.6) is 0 Å². The first-order chi connectivity index (χ1) is 8.93. The van der Waals surface area contributed by atoms with Crippen molar-refractivity contribution in [3.05, 3.63) is 39.4 Å². The SMILES string of the molecule is CCC(=O)Nc1ccc(C(=O)O)cc1CC[N+](=O)[O-]. The van der Waals surface area contributed by atoms with Crippen LogP contribution in [0.15, 0.2) is 18.2 Å². The molecule has 0 aliphatic rings. The molecule has 0 radical (unpaired) electrons. The molecule has 0 aliphatic carbocycles. The number of nitrogens with one attached hydrogen (secondary N) is 1. The number of aromatic carboxylic acids is 1. The van der Waals surface area contributed by atoms with Crippen LogP contribution >= 0.6 is 0 Å². The Kier molecular flexibility index (Phi) is 4.99. The van der Waals surface area contributed by atoms with Gasteiger partial charge in [0.25, 0.3) is 0 Å². The Morgan fingerprint density at radius 1 is 1.42 bits per heavy atom. The second-order valence-electron chi connectivity index (χ2n) is 3.89. The van der Waals surface area contributed by atoms with Crippen molar-refractivity contribution in [1.82, 2.24) is 0 Å². The number of carboxylic acid groups (broad SMARTS) is 1. The summed E-state index contributed by atoms with van der Waals surface area (Å²) in [6.45, 7) is 1.36. The van der Waals surface area contributed by atoms with Crippen LogP contribution in [-0.2, 0) is 11.2 Å². The minimum absolute atomic E-state index is 0.0350. The van der Waals surface area contributed by atoms with E-state index in [1.54, 1.807) is 6.92 Å². The highest BCUT2D eigenvalue weighted by Crippen LogP contribution is 2.19. The Balaban J connectivity index is 3.03. The Labute approximate surface area is 109 Å². The van der Waals surface area contributed by atoms with Crippen LogP contribution in [0, 0.1) is 10.1 Å². The maximum atomic E-state index is 11.3. The molecule has 7 nitrogen and oxygen atoms in total.